The first-order valence-corrected chi connectivity index (χ1v) is 7.21. The van der Waals surface area contributed by atoms with Gasteiger partial charge in [0.1, 0.15) is 11.5 Å². The van der Waals surface area contributed by atoms with Crippen LogP contribution in [0.25, 0.3) is 0 Å². The molecule has 0 radical (unpaired) electrons. The van der Waals surface area contributed by atoms with Crippen molar-refractivity contribution in [3.05, 3.63) is 64.1 Å². The molecule has 0 aliphatic rings. The van der Waals surface area contributed by atoms with Gasteiger partial charge >= 0.3 is 0 Å². The molecule has 4 nitrogen and oxygen atoms in total. The third-order valence-corrected chi connectivity index (χ3v) is 3.89. The van der Waals surface area contributed by atoms with Crippen LogP contribution in [-0.2, 0) is 11.3 Å². The van der Waals surface area contributed by atoms with Gasteiger partial charge in [-0.15, -0.1) is 0 Å². The van der Waals surface area contributed by atoms with E-state index in [9.17, 15) is 0 Å². The Bertz CT molecular complexity index is 614. The lowest BCUT2D eigenvalue weighted by Crippen LogP contribution is -2.10. The van der Waals surface area contributed by atoms with E-state index in [1.165, 1.54) is 0 Å². The smallest absolute Gasteiger partial charge is 0.133 e. The largest absolute Gasteiger partial charge is 0.496 e. The third-order valence-electron chi connectivity index (χ3n) is 2.99. The standard InChI is InChI=1S/C16H16BrNO3/c1-20-15-9-5-8-13(16(15)17)10-21-11-14(18-19)12-6-3-2-4-7-12/h2-9,19H,10-11H2,1H3/b18-14+. The first-order valence-electron chi connectivity index (χ1n) is 6.41. The average Bonchev–Trinajstić information content (AvgIpc) is 2.54. The van der Waals surface area contributed by atoms with Crippen molar-refractivity contribution in [2.24, 2.45) is 5.16 Å². The molecule has 0 aliphatic heterocycles. The number of hydrogen-bond acceptors (Lipinski definition) is 4. The maximum Gasteiger partial charge on any atom is 0.133 e. The Kier molecular flexibility index (Phi) is 5.78. The van der Waals surface area contributed by atoms with Gasteiger partial charge in [-0.1, -0.05) is 47.6 Å². The van der Waals surface area contributed by atoms with Gasteiger partial charge in [0, 0.05) is 5.56 Å². The minimum Gasteiger partial charge on any atom is -0.496 e. The highest BCUT2D eigenvalue weighted by Crippen LogP contribution is 2.28. The molecule has 0 unspecified atom stereocenters. The molecule has 2 aromatic rings. The van der Waals surface area contributed by atoms with Gasteiger partial charge in [-0.3, -0.25) is 0 Å². The number of oxime groups is 1. The zero-order chi connectivity index (χ0) is 15.1. The van der Waals surface area contributed by atoms with Crippen molar-refractivity contribution >= 4 is 21.6 Å². The van der Waals surface area contributed by atoms with Crippen LogP contribution in [0.1, 0.15) is 11.1 Å². The Hall–Kier alpha value is -1.85. The summed E-state index contributed by atoms with van der Waals surface area (Å²) >= 11 is 3.49. The molecule has 110 valence electrons. The number of halogens is 1. The average molecular weight is 350 g/mol. The Labute approximate surface area is 132 Å². The van der Waals surface area contributed by atoms with E-state index in [1.807, 2.05) is 48.5 Å². The molecule has 21 heavy (non-hydrogen) atoms. The van der Waals surface area contributed by atoms with E-state index in [0.29, 0.717) is 12.3 Å². The van der Waals surface area contributed by atoms with Crippen molar-refractivity contribution < 1.29 is 14.7 Å². The van der Waals surface area contributed by atoms with E-state index in [4.69, 9.17) is 14.7 Å². The van der Waals surface area contributed by atoms with Gasteiger partial charge in [0.05, 0.1) is 24.8 Å². The molecule has 0 fully saturated rings. The first-order chi connectivity index (χ1) is 10.3. The lowest BCUT2D eigenvalue weighted by atomic mass is 10.1. The molecular formula is C16H16BrNO3. The second-order valence-corrected chi connectivity index (χ2v) is 5.13. The lowest BCUT2D eigenvalue weighted by Gasteiger charge is -2.10. The number of ether oxygens (including phenoxy) is 2. The molecular weight excluding hydrogens is 334 g/mol. The van der Waals surface area contributed by atoms with E-state index in [1.54, 1.807) is 7.11 Å². The summed E-state index contributed by atoms with van der Waals surface area (Å²) < 4.78 is 11.7. The fourth-order valence-electron chi connectivity index (χ4n) is 1.88. The van der Waals surface area contributed by atoms with Crippen LogP contribution in [0.4, 0.5) is 0 Å². The maximum atomic E-state index is 9.09. The zero-order valence-corrected chi connectivity index (χ0v) is 13.2. The van der Waals surface area contributed by atoms with E-state index in [2.05, 4.69) is 21.1 Å². The summed E-state index contributed by atoms with van der Waals surface area (Å²) in [5.74, 6) is 0.759. The quantitative estimate of drug-likeness (QED) is 0.489. The predicted octanol–water partition coefficient (Wildman–Crippen LogP) is 3.85. The molecule has 5 heteroatoms. The van der Waals surface area contributed by atoms with E-state index in [-0.39, 0.29) is 6.61 Å². The van der Waals surface area contributed by atoms with Crippen LogP contribution < -0.4 is 4.74 Å². The molecule has 0 spiro atoms. The number of hydrogen-bond donors (Lipinski definition) is 1. The Balaban J connectivity index is 1.98. The van der Waals surface area contributed by atoms with E-state index < -0.39 is 0 Å². The highest BCUT2D eigenvalue weighted by atomic mass is 79.9. The van der Waals surface area contributed by atoms with Crippen molar-refractivity contribution in [1.29, 1.82) is 0 Å². The molecule has 0 heterocycles. The second kappa shape index (κ2) is 7.81. The fraction of sp³-hybridized carbons (Fsp3) is 0.188. The Morgan fingerprint density at radius 1 is 1.14 bits per heavy atom. The SMILES string of the molecule is COc1cccc(COC/C(=N\O)c2ccccc2)c1Br. The number of rotatable bonds is 6. The summed E-state index contributed by atoms with van der Waals surface area (Å²) in [6.07, 6.45) is 0. The van der Waals surface area contributed by atoms with Crippen molar-refractivity contribution in [3.63, 3.8) is 0 Å². The molecule has 2 aromatic carbocycles. The predicted molar refractivity (Wildman–Crippen MR) is 85.1 cm³/mol. The topological polar surface area (TPSA) is 51.0 Å². The van der Waals surface area contributed by atoms with Gasteiger partial charge in [-0.05, 0) is 27.6 Å². The van der Waals surface area contributed by atoms with Gasteiger partial charge < -0.3 is 14.7 Å². The lowest BCUT2D eigenvalue weighted by molar-refractivity contribution is 0.155. The molecule has 0 amide bonds. The van der Waals surface area contributed by atoms with Crippen molar-refractivity contribution in [2.75, 3.05) is 13.7 Å². The fourth-order valence-corrected chi connectivity index (χ4v) is 2.42. The molecule has 0 aliphatic carbocycles. The normalized spacial score (nSPS) is 11.4. The minimum atomic E-state index is 0.226. The molecule has 2 rings (SSSR count). The zero-order valence-electron chi connectivity index (χ0n) is 11.6. The number of nitrogens with zero attached hydrogens (tertiary/aromatic N) is 1. The van der Waals surface area contributed by atoms with Gasteiger partial charge in [0.15, 0.2) is 0 Å². The minimum absolute atomic E-state index is 0.226. The van der Waals surface area contributed by atoms with Gasteiger partial charge in [0.2, 0.25) is 0 Å². The van der Waals surface area contributed by atoms with Gasteiger partial charge in [-0.2, -0.15) is 0 Å². The highest BCUT2D eigenvalue weighted by molar-refractivity contribution is 9.10. The van der Waals surface area contributed by atoms with Crippen molar-refractivity contribution in [2.45, 2.75) is 6.61 Å². The Morgan fingerprint density at radius 2 is 1.90 bits per heavy atom. The summed E-state index contributed by atoms with van der Waals surface area (Å²) in [5.41, 5.74) is 2.30. The van der Waals surface area contributed by atoms with Crippen LogP contribution >= 0.6 is 15.9 Å². The van der Waals surface area contributed by atoms with E-state index >= 15 is 0 Å². The van der Waals surface area contributed by atoms with Gasteiger partial charge in [-0.25, -0.2) is 0 Å². The highest BCUT2D eigenvalue weighted by Gasteiger charge is 2.08. The molecule has 0 atom stereocenters. The van der Waals surface area contributed by atoms with Crippen molar-refractivity contribution in [1.82, 2.24) is 0 Å². The maximum absolute atomic E-state index is 9.09. The number of methoxy groups -OCH3 is 1. The van der Waals surface area contributed by atoms with Crippen LogP contribution in [0.5, 0.6) is 5.75 Å². The van der Waals surface area contributed by atoms with Gasteiger partial charge in [0.25, 0.3) is 0 Å². The molecule has 0 saturated heterocycles. The summed E-state index contributed by atoms with van der Waals surface area (Å²) in [6.45, 7) is 0.619. The van der Waals surface area contributed by atoms with Crippen LogP contribution in [0.3, 0.4) is 0 Å². The molecule has 0 saturated carbocycles. The summed E-state index contributed by atoms with van der Waals surface area (Å²) in [5, 5.41) is 12.4. The molecule has 0 aromatic heterocycles. The second-order valence-electron chi connectivity index (χ2n) is 4.34. The van der Waals surface area contributed by atoms with Crippen LogP contribution in [0.2, 0.25) is 0 Å². The summed E-state index contributed by atoms with van der Waals surface area (Å²) in [4.78, 5) is 0. The molecule has 1 N–H and O–H groups in total. The summed E-state index contributed by atoms with van der Waals surface area (Å²) in [7, 11) is 1.62. The number of benzene rings is 2. The van der Waals surface area contributed by atoms with Crippen LogP contribution in [0, 0.1) is 0 Å². The van der Waals surface area contributed by atoms with E-state index in [0.717, 1.165) is 21.3 Å². The Morgan fingerprint density at radius 3 is 2.57 bits per heavy atom. The van der Waals surface area contributed by atoms with Crippen LogP contribution in [-0.4, -0.2) is 24.6 Å². The molecule has 0 bridgehead atoms. The third kappa shape index (κ3) is 4.06. The summed E-state index contributed by atoms with van der Waals surface area (Å²) in [6, 6.07) is 15.2. The van der Waals surface area contributed by atoms with Crippen LogP contribution in [0.15, 0.2) is 58.2 Å². The van der Waals surface area contributed by atoms with Crippen molar-refractivity contribution in [3.8, 4) is 5.75 Å². The monoisotopic (exact) mass is 349 g/mol. The first kappa shape index (κ1) is 15.5.